The molecule has 0 unspecified atom stereocenters. The molecule has 0 bridgehead atoms. The Bertz CT molecular complexity index is 653. The maximum Gasteiger partial charge on any atom is 0.123 e. The van der Waals surface area contributed by atoms with Crippen LogP contribution in [0.25, 0.3) is 0 Å². The van der Waals surface area contributed by atoms with E-state index in [2.05, 4.69) is 40.4 Å². The number of likely N-dealkylation sites (tertiary alicyclic amines) is 1. The average Bonchev–Trinajstić information content (AvgIpc) is 3.14. The molecule has 0 radical (unpaired) electrons. The van der Waals surface area contributed by atoms with Crippen molar-refractivity contribution < 1.29 is 9.84 Å². The van der Waals surface area contributed by atoms with Crippen molar-refractivity contribution in [2.75, 3.05) is 13.7 Å². The maximum absolute atomic E-state index is 10.2. The summed E-state index contributed by atoms with van der Waals surface area (Å²) in [6.07, 6.45) is 4.32. The van der Waals surface area contributed by atoms with Gasteiger partial charge in [0.25, 0.3) is 0 Å². The number of methoxy groups -OCH3 is 1. The van der Waals surface area contributed by atoms with Crippen LogP contribution in [-0.4, -0.2) is 39.3 Å². The number of benzene rings is 1. The lowest BCUT2D eigenvalue weighted by atomic mass is 10.0. The Labute approximate surface area is 137 Å². The van der Waals surface area contributed by atoms with E-state index in [1.165, 1.54) is 5.56 Å². The van der Waals surface area contributed by atoms with Gasteiger partial charge in [-0.1, -0.05) is 12.1 Å². The van der Waals surface area contributed by atoms with E-state index >= 15 is 0 Å². The molecule has 0 saturated carbocycles. The van der Waals surface area contributed by atoms with E-state index in [-0.39, 0.29) is 12.1 Å². The minimum atomic E-state index is -0.298. The van der Waals surface area contributed by atoms with E-state index < -0.39 is 0 Å². The number of rotatable bonds is 5. The van der Waals surface area contributed by atoms with Crippen molar-refractivity contribution >= 4 is 0 Å². The lowest BCUT2D eigenvalue weighted by molar-refractivity contribution is 0.170. The molecule has 124 valence electrons. The summed E-state index contributed by atoms with van der Waals surface area (Å²) >= 11 is 0. The molecule has 1 aromatic heterocycles. The number of β-amino-alcohol motifs (C(OH)–C–C–N with tert-alkyl or cyclic N) is 1. The van der Waals surface area contributed by atoms with E-state index in [0.717, 1.165) is 24.5 Å². The first-order valence-electron chi connectivity index (χ1n) is 8.16. The predicted octanol–water partition coefficient (Wildman–Crippen LogP) is 2.78. The number of nitrogens with zero attached hydrogens (tertiary/aromatic N) is 3. The van der Waals surface area contributed by atoms with E-state index in [4.69, 9.17) is 4.74 Å². The molecule has 2 aromatic rings. The summed E-state index contributed by atoms with van der Waals surface area (Å²) < 4.78 is 7.52. The first-order chi connectivity index (χ1) is 11.1. The second-order valence-corrected chi connectivity index (χ2v) is 6.46. The molecule has 1 aromatic carbocycles. The normalized spacial score (nSPS) is 22.0. The number of imidazole rings is 1. The monoisotopic (exact) mass is 315 g/mol. The highest BCUT2D eigenvalue weighted by molar-refractivity contribution is 5.31. The van der Waals surface area contributed by atoms with Crippen LogP contribution in [0.3, 0.4) is 0 Å². The van der Waals surface area contributed by atoms with Gasteiger partial charge >= 0.3 is 0 Å². The molecule has 1 aliphatic heterocycles. The van der Waals surface area contributed by atoms with Gasteiger partial charge in [-0.05, 0) is 38.0 Å². The minimum absolute atomic E-state index is 0.192. The topological polar surface area (TPSA) is 50.5 Å². The van der Waals surface area contributed by atoms with E-state index in [1.807, 2.05) is 24.5 Å². The molecule has 3 rings (SSSR count). The second kappa shape index (κ2) is 6.72. The summed E-state index contributed by atoms with van der Waals surface area (Å²) in [6, 6.07) is 8.70. The van der Waals surface area contributed by atoms with Crippen molar-refractivity contribution in [2.45, 2.75) is 45.0 Å². The standard InChI is InChI=1S/C18H25N3O2/c1-13(2)21-8-7-19-18(21)12-20-11-15(22)10-17(20)14-5-4-6-16(9-14)23-3/h4-9,13,15,17,22H,10-12H2,1-3H3/t15-,17+/m1/s1. The summed E-state index contributed by atoms with van der Waals surface area (Å²) in [6.45, 7) is 5.73. The number of hydrogen-bond acceptors (Lipinski definition) is 4. The first-order valence-corrected chi connectivity index (χ1v) is 8.16. The smallest absolute Gasteiger partial charge is 0.123 e. The van der Waals surface area contributed by atoms with Gasteiger partial charge in [0.05, 0.1) is 19.8 Å². The molecule has 1 N–H and O–H groups in total. The Balaban J connectivity index is 1.83. The van der Waals surface area contributed by atoms with Gasteiger partial charge in [-0.3, -0.25) is 4.90 Å². The van der Waals surface area contributed by atoms with Crippen molar-refractivity contribution in [1.29, 1.82) is 0 Å². The molecule has 1 saturated heterocycles. The highest BCUT2D eigenvalue weighted by Gasteiger charge is 2.33. The number of hydrogen-bond donors (Lipinski definition) is 1. The first kappa shape index (κ1) is 16.0. The van der Waals surface area contributed by atoms with Crippen LogP contribution in [0.4, 0.5) is 0 Å². The van der Waals surface area contributed by atoms with Crippen molar-refractivity contribution in [1.82, 2.24) is 14.5 Å². The molecule has 1 fully saturated rings. The third-order valence-corrected chi connectivity index (χ3v) is 4.51. The molecule has 23 heavy (non-hydrogen) atoms. The fraction of sp³-hybridized carbons (Fsp3) is 0.500. The molecule has 0 spiro atoms. The van der Waals surface area contributed by atoms with Gasteiger partial charge in [-0.15, -0.1) is 0 Å². The van der Waals surface area contributed by atoms with Gasteiger partial charge in [-0.2, -0.15) is 0 Å². The fourth-order valence-corrected chi connectivity index (χ4v) is 3.37. The zero-order chi connectivity index (χ0) is 16.4. The summed E-state index contributed by atoms with van der Waals surface area (Å²) in [5, 5.41) is 10.2. The summed E-state index contributed by atoms with van der Waals surface area (Å²) in [5.41, 5.74) is 1.18. The Kier molecular flexibility index (Phi) is 4.68. The van der Waals surface area contributed by atoms with Gasteiger partial charge in [-0.25, -0.2) is 4.98 Å². The van der Waals surface area contributed by atoms with Gasteiger partial charge in [0.1, 0.15) is 11.6 Å². The molecule has 5 heteroatoms. The van der Waals surface area contributed by atoms with E-state index in [0.29, 0.717) is 12.6 Å². The third kappa shape index (κ3) is 3.41. The summed E-state index contributed by atoms with van der Waals surface area (Å²) in [4.78, 5) is 6.81. The quantitative estimate of drug-likeness (QED) is 0.922. The highest BCUT2D eigenvalue weighted by Crippen LogP contribution is 2.34. The summed E-state index contributed by atoms with van der Waals surface area (Å²) in [7, 11) is 1.68. The van der Waals surface area contributed by atoms with Crippen LogP contribution in [-0.2, 0) is 6.54 Å². The Morgan fingerprint density at radius 1 is 1.39 bits per heavy atom. The Morgan fingerprint density at radius 2 is 2.22 bits per heavy atom. The van der Waals surface area contributed by atoms with Crippen molar-refractivity contribution in [3.63, 3.8) is 0 Å². The van der Waals surface area contributed by atoms with Crippen LogP contribution in [0.2, 0.25) is 0 Å². The molecule has 5 nitrogen and oxygen atoms in total. The van der Waals surface area contributed by atoms with Gasteiger partial charge < -0.3 is 14.4 Å². The van der Waals surface area contributed by atoms with Crippen molar-refractivity contribution in [3.05, 3.63) is 48.0 Å². The van der Waals surface area contributed by atoms with Gasteiger partial charge in [0, 0.05) is 31.0 Å². The lowest BCUT2D eigenvalue weighted by Crippen LogP contribution is -2.26. The van der Waals surface area contributed by atoms with Crippen LogP contribution < -0.4 is 4.74 Å². The Hall–Kier alpha value is -1.85. The van der Waals surface area contributed by atoms with Crippen LogP contribution in [0, 0.1) is 0 Å². The fourth-order valence-electron chi connectivity index (χ4n) is 3.37. The summed E-state index contributed by atoms with van der Waals surface area (Å²) in [5.74, 6) is 1.90. The maximum atomic E-state index is 10.2. The van der Waals surface area contributed by atoms with Crippen molar-refractivity contribution in [3.8, 4) is 5.75 Å². The van der Waals surface area contributed by atoms with E-state index in [1.54, 1.807) is 7.11 Å². The van der Waals surface area contributed by atoms with E-state index in [9.17, 15) is 5.11 Å². The molecule has 2 heterocycles. The highest BCUT2D eigenvalue weighted by atomic mass is 16.5. The second-order valence-electron chi connectivity index (χ2n) is 6.46. The SMILES string of the molecule is COc1cccc([C@@H]2C[C@@H](O)CN2Cc2nccn2C(C)C)c1. The van der Waals surface area contributed by atoms with Crippen LogP contribution >= 0.6 is 0 Å². The van der Waals surface area contributed by atoms with Gasteiger partial charge in [0.15, 0.2) is 0 Å². The predicted molar refractivity (Wildman–Crippen MR) is 89.4 cm³/mol. The number of aromatic nitrogens is 2. The zero-order valence-electron chi connectivity index (χ0n) is 14.0. The van der Waals surface area contributed by atoms with Crippen LogP contribution in [0.1, 0.15) is 43.7 Å². The van der Waals surface area contributed by atoms with Crippen molar-refractivity contribution in [2.24, 2.45) is 0 Å². The number of aliphatic hydroxyl groups is 1. The zero-order valence-corrected chi connectivity index (χ0v) is 14.0. The molecular weight excluding hydrogens is 290 g/mol. The Morgan fingerprint density at radius 3 is 2.96 bits per heavy atom. The number of aliphatic hydroxyl groups excluding tert-OH is 1. The number of ether oxygens (including phenoxy) is 1. The molecule has 1 aliphatic rings. The van der Waals surface area contributed by atoms with Gasteiger partial charge in [0.2, 0.25) is 0 Å². The third-order valence-electron chi connectivity index (χ3n) is 4.51. The van der Waals surface area contributed by atoms with Crippen LogP contribution in [0.15, 0.2) is 36.7 Å². The molecular formula is C18H25N3O2. The van der Waals surface area contributed by atoms with Crippen LogP contribution in [0.5, 0.6) is 5.75 Å². The minimum Gasteiger partial charge on any atom is -0.497 e. The lowest BCUT2D eigenvalue weighted by Gasteiger charge is -2.25. The molecule has 0 aliphatic carbocycles. The molecule has 2 atom stereocenters. The molecule has 0 amide bonds. The average molecular weight is 315 g/mol. The largest absolute Gasteiger partial charge is 0.497 e.